The van der Waals surface area contributed by atoms with Crippen LogP contribution in [0.25, 0.3) is 0 Å². The number of hydrogen-bond acceptors (Lipinski definition) is 4. The van der Waals surface area contributed by atoms with Gasteiger partial charge in [0.1, 0.15) is 0 Å². The third kappa shape index (κ3) is 2.55. The third-order valence-electron chi connectivity index (χ3n) is 8.43. The fraction of sp³-hybridized carbons (Fsp3) is 1.00. The van der Waals surface area contributed by atoms with Crippen molar-refractivity contribution in [3.05, 3.63) is 0 Å². The van der Waals surface area contributed by atoms with Crippen molar-refractivity contribution in [1.29, 1.82) is 0 Å². The topological polar surface area (TPSA) is 36.9 Å². The molecule has 6 atom stereocenters. The first-order chi connectivity index (χ1) is 12.1. The highest BCUT2D eigenvalue weighted by molar-refractivity contribution is 5.10. The van der Waals surface area contributed by atoms with Crippen LogP contribution in [0.1, 0.15) is 46.0 Å². The lowest BCUT2D eigenvalue weighted by atomic mass is 9.60. The average Bonchev–Trinajstić information content (AvgIpc) is 3.15. The number of fused-ring (bicyclic) bond motifs is 2. The van der Waals surface area contributed by atoms with Crippen molar-refractivity contribution in [2.24, 2.45) is 34.5 Å². The van der Waals surface area contributed by atoms with Crippen LogP contribution in [-0.2, 0) is 18.9 Å². The Morgan fingerprint density at radius 3 is 1.44 bits per heavy atom. The maximum Gasteiger partial charge on any atom is 0.0706 e. The van der Waals surface area contributed by atoms with E-state index in [4.69, 9.17) is 18.9 Å². The lowest BCUT2D eigenvalue weighted by molar-refractivity contribution is -0.236. The first kappa shape index (κ1) is 18.2. The molecule has 6 unspecified atom stereocenters. The summed E-state index contributed by atoms with van der Waals surface area (Å²) in [5.41, 5.74) is 0.436. The number of rotatable bonds is 8. The molecule has 2 bridgehead atoms. The second kappa shape index (κ2) is 6.78. The van der Waals surface area contributed by atoms with E-state index >= 15 is 0 Å². The second-order valence-electron chi connectivity index (χ2n) is 9.22. The summed E-state index contributed by atoms with van der Waals surface area (Å²) < 4.78 is 23.8. The highest BCUT2D eigenvalue weighted by atomic mass is 16.5. The molecule has 2 aliphatic carbocycles. The largest absolute Gasteiger partial charge is 0.380 e. The molecule has 0 amide bonds. The SMILES string of the molecule is CCC1(C(OC)C2C3CCC(C3)C2C(OC)C2(CC)COC2)COC1. The molecular weight excluding hydrogens is 316 g/mol. The van der Waals surface area contributed by atoms with E-state index in [-0.39, 0.29) is 10.8 Å². The Labute approximate surface area is 152 Å². The normalized spacial score (nSPS) is 40.3. The van der Waals surface area contributed by atoms with Crippen molar-refractivity contribution in [3.63, 3.8) is 0 Å². The quantitative estimate of drug-likeness (QED) is 0.670. The number of ether oxygens (including phenoxy) is 4. The van der Waals surface area contributed by atoms with Gasteiger partial charge < -0.3 is 18.9 Å². The van der Waals surface area contributed by atoms with Gasteiger partial charge in [-0.3, -0.25) is 0 Å². The molecule has 4 fully saturated rings. The molecule has 0 aromatic rings. The zero-order valence-corrected chi connectivity index (χ0v) is 16.5. The van der Waals surface area contributed by atoms with Gasteiger partial charge in [0.25, 0.3) is 0 Å². The van der Waals surface area contributed by atoms with E-state index in [1.807, 2.05) is 14.2 Å². The van der Waals surface area contributed by atoms with Gasteiger partial charge in [0.2, 0.25) is 0 Å². The predicted molar refractivity (Wildman–Crippen MR) is 96.5 cm³/mol. The van der Waals surface area contributed by atoms with Crippen LogP contribution in [0.15, 0.2) is 0 Å². The van der Waals surface area contributed by atoms with Crippen LogP contribution in [0, 0.1) is 34.5 Å². The van der Waals surface area contributed by atoms with Crippen LogP contribution in [-0.4, -0.2) is 52.9 Å². The molecule has 144 valence electrons. The molecule has 0 aromatic carbocycles. The summed E-state index contributed by atoms with van der Waals surface area (Å²) in [4.78, 5) is 0. The third-order valence-corrected chi connectivity index (χ3v) is 8.43. The van der Waals surface area contributed by atoms with Gasteiger partial charge in [0.05, 0.1) is 38.6 Å². The van der Waals surface area contributed by atoms with Crippen molar-refractivity contribution < 1.29 is 18.9 Å². The lowest BCUT2D eigenvalue weighted by Crippen LogP contribution is -2.61. The monoisotopic (exact) mass is 352 g/mol. The summed E-state index contributed by atoms with van der Waals surface area (Å²) in [7, 11) is 3.85. The van der Waals surface area contributed by atoms with E-state index in [1.165, 1.54) is 19.3 Å². The summed E-state index contributed by atoms with van der Waals surface area (Å²) in [6.07, 6.45) is 7.02. The first-order valence-corrected chi connectivity index (χ1v) is 10.4. The van der Waals surface area contributed by atoms with E-state index in [0.29, 0.717) is 24.0 Å². The minimum Gasteiger partial charge on any atom is -0.380 e. The molecule has 2 aliphatic heterocycles. The van der Waals surface area contributed by atoms with Gasteiger partial charge in [-0.2, -0.15) is 0 Å². The summed E-state index contributed by atoms with van der Waals surface area (Å²) in [5.74, 6) is 2.83. The molecule has 2 heterocycles. The second-order valence-corrected chi connectivity index (χ2v) is 9.22. The van der Waals surface area contributed by atoms with E-state index in [1.54, 1.807) is 0 Å². The van der Waals surface area contributed by atoms with E-state index < -0.39 is 0 Å². The summed E-state index contributed by atoms with van der Waals surface area (Å²) >= 11 is 0. The molecule has 0 N–H and O–H groups in total. The predicted octanol–water partition coefficient (Wildman–Crippen LogP) is 3.53. The molecular formula is C21H36O4. The molecule has 0 radical (unpaired) electrons. The Kier molecular flexibility index (Phi) is 4.94. The summed E-state index contributed by atoms with van der Waals surface area (Å²) in [6, 6.07) is 0. The van der Waals surface area contributed by atoms with Gasteiger partial charge in [-0.25, -0.2) is 0 Å². The van der Waals surface area contributed by atoms with Gasteiger partial charge in [0, 0.05) is 25.0 Å². The highest BCUT2D eigenvalue weighted by Crippen LogP contribution is 2.61. The molecule has 2 saturated heterocycles. The van der Waals surface area contributed by atoms with Gasteiger partial charge in [-0.05, 0) is 55.8 Å². The molecule has 2 saturated carbocycles. The van der Waals surface area contributed by atoms with E-state index in [2.05, 4.69) is 13.8 Å². The minimum absolute atomic E-state index is 0.218. The van der Waals surface area contributed by atoms with Crippen molar-refractivity contribution in [3.8, 4) is 0 Å². The van der Waals surface area contributed by atoms with Gasteiger partial charge in [-0.15, -0.1) is 0 Å². The molecule has 0 aromatic heterocycles. The minimum atomic E-state index is 0.218. The Hall–Kier alpha value is -0.160. The van der Waals surface area contributed by atoms with Crippen molar-refractivity contribution in [2.75, 3.05) is 40.6 Å². The molecule has 4 aliphatic rings. The Balaban J connectivity index is 1.65. The first-order valence-electron chi connectivity index (χ1n) is 10.4. The fourth-order valence-corrected chi connectivity index (χ4v) is 6.78. The van der Waals surface area contributed by atoms with Crippen molar-refractivity contribution in [2.45, 2.75) is 58.2 Å². The molecule has 0 spiro atoms. The summed E-state index contributed by atoms with van der Waals surface area (Å²) in [5, 5.41) is 0. The van der Waals surface area contributed by atoms with Gasteiger partial charge in [-0.1, -0.05) is 13.8 Å². The zero-order valence-electron chi connectivity index (χ0n) is 16.5. The van der Waals surface area contributed by atoms with Crippen LogP contribution < -0.4 is 0 Å². The zero-order chi connectivity index (χ0) is 17.7. The highest BCUT2D eigenvalue weighted by Gasteiger charge is 2.62. The van der Waals surface area contributed by atoms with Crippen LogP contribution >= 0.6 is 0 Å². The summed E-state index contributed by atoms with van der Waals surface area (Å²) in [6.45, 7) is 8.06. The fourth-order valence-electron chi connectivity index (χ4n) is 6.78. The lowest BCUT2D eigenvalue weighted by Gasteiger charge is -2.55. The van der Waals surface area contributed by atoms with Gasteiger partial charge >= 0.3 is 0 Å². The van der Waals surface area contributed by atoms with Gasteiger partial charge in [0.15, 0.2) is 0 Å². The van der Waals surface area contributed by atoms with Crippen molar-refractivity contribution in [1.82, 2.24) is 0 Å². The Morgan fingerprint density at radius 1 is 0.800 bits per heavy atom. The number of hydrogen-bond donors (Lipinski definition) is 0. The van der Waals surface area contributed by atoms with Crippen LogP contribution in [0.2, 0.25) is 0 Å². The van der Waals surface area contributed by atoms with Crippen LogP contribution in [0.5, 0.6) is 0 Å². The Bertz CT molecular complexity index is 417. The standard InChI is InChI=1S/C21H36O4/c1-5-20(10-24-11-20)18(22-3)16-14-7-8-15(9-14)17(16)19(23-4)21(6-2)12-25-13-21/h14-19H,5-13H2,1-4H3. The maximum absolute atomic E-state index is 6.24. The maximum atomic E-state index is 6.24. The molecule has 4 nitrogen and oxygen atoms in total. The van der Waals surface area contributed by atoms with Crippen molar-refractivity contribution >= 4 is 0 Å². The smallest absolute Gasteiger partial charge is 0.0706 e. The number of methoxy groups -OCH3 is 2. The van der Waals surface area contributed by atoms with E-state index in [9.17, 15) is 0 Å². The van der Waals surface area contributed by atoms with E-state index in [0.717, 1.165) is 51.1 Å². The Morgan fingerprint density at radius 2 is 1.20 bits per heavy atom. The molecule has 4 heteroatoms. The van der Waals surface area contributed by atoms with Crippen LogP contribution in [0.3, 0.4) is 0 Å². The van der Waals surface area contributed by atoms with Crippen LogP contribution in [0.4, 0.5) is 0 Å². The molecule has 4 rings (SSSR count). The molecule has 25 heavy (non-hydrogen) atoms. The average molecular weight is 353 g/mol.